The van der Waals surface area contributed by atoms with Gasteiger partial charge < -0.3 is 10.2 Å². The summed E-state index contributed by atoms with van der Waals surface area (Å²) in [6.07, 6.45) is 1.47. The van der Waals surface area contributed by atoms with Crippen LogP contribution >= 0.6 is 23.2 Å². The molecule has 2 rings (SSSR count). The first-order valence-corrected chi connectivity index (χ1v) is 6.72. The van der Waals surface area contributed by atoms with Crippen molar-refractivity contribution in [3.63, 3.8) is 0 Å². The zero-order valence-electron chi connectivity index (χ0n) is 11.1. The number of aromatic nitrogens is 2. The Morgan fingerprint density at radius 1 is 1.29 bits per heavy atom. The number of nitrogens with zero attached hydrogens (tertiary/aromatic N) is 2. The van der Waals surface area contributed by atoms with Gasteiger partial charge in [-0.25, -0.2) is 0 Å². The smallest absolute Gasteiger partial charge is 0.272 e. The molecule has 0 radical (unpaired) electrons. The Morgan fingerprint density at radius 3 is 2.67 bits per heavy atom. The molecule has 1 aromatic carbocycles. The fourth-order valence-corrected chi connectivity index (χ4v) is 1.94. The fraction of sp³-hybridized carbons (Fsp3) is 0.154. The molecule has 0 bridgehead atoms. The average Bonchev–Trinajstić information content (AvgIpc) is 2.96. The van der Waals surface area contributed by atoms with Gasteiger partial charge in [-0.05, 0) is 24.3 Å². The first-order valence-electron chi connectivity index (χ1n) is 5.97. The van der Waals surface area contributed by atoms with E-state index in [2.05, 4.69) is 15.5 Å². The van der Waals surface area contributed by atoms with Crippen molar-refractivity contribution in [1.82, 2.24) is 15.1 Å². The summed E-state index contributed by atoms with van der Waals surface area (Å²) >= 11 is 11.7. The number of benzene rings is 1. The standard InChI is InChI=1S/C13H12Cl2N4O2/c1-19(13(21)11-4-5-16-18-11)7-12(20)17-8-2-3-9(14)10(15)6-8/h2-6H,7H2,1H3,(H,16,18)(H,17,20). The average molecular weight is 327 g/mol. The number of rotatable bonds is 4. The van der Waals surface area contributed by atoms with Crippen LogP contribution in [0.15, 0.2) is 30.5 Å². The highest BCUT2D eigenvalue weighted by Gasteiger charge is 2.16. The van der Waals surface area contributed by atoms with Crippen LogP contribution < -0.4 is 5.32 Å². The molecule has 2 N–H and O–H groups in total. The van der Waals surface area contributed by atoms with E-state index >= 15 is 0 Å². The van der Waals surface area contributed by atoms with Crippen molar-refractivity contribution in [3.8, 4) is 0 Å². The number of hydrogen-bond acceptors (Lipinski definition) is 3. The molecule has 2 amide bonds. The van der Waals surface area contributed by atoms with E-state index in [0.29, 0.717) is 21.4 Å². The number of H-pyrrole nitrogens is 1. The maximum absolute atomic E-state index is 11.9. The number of aromatic amines is 1. The molecule has 0 saturated heterocycles. The molecule has 21 heavy (non-hydrogen) atoms. The van der Waals surface area contributed by atoms with E-state index < -0.39 is 0 Å². The van der Waals surface area contributed by atoms with Gasteiger partial charge in [0.2, 0.25) is 5.91 Å². The molecule has 2 aromatic rings. The summed E-state index contributed by atoms with van der Waals surface area (Å²) in [7, 11) is 1.53. The molecule has 6 nitrogen and oxygen atoms in total. The van der Waals surface area contributed by atoms with Crippen LogP contribution in [0.2, 0.25) is 10.0 Å². The van der Waals surface area contributed by atoms with Crippen LogP contribution in [0, 0.1) is 0 Å². The van der Waals surface area contributed by atoms with Crippen LogP contribution in [0.5, 0.6) is 0 Å². The van der Waals surface area contributed by atoms with Crippen LogP contribution in [-0.4, -0.2) is 40.5 Å². The zero-order valence-corrected chi connectivity index (χ0v) is 12.6. The predicted molar refractivity (Wildman–Crippen MR) is 80.6 cm³/mol. The second-order valence-corrected chi connectivity index (χ2v) is 5.12. The molecular weight excluding hydrogens is 315 g/mol. The van der Waals surface area contributed by atoms with Gasteiger partial charge in [0.1, 0.15) is 5.69 Å². The highest BCUT2D eigenvalue weighted by Crippen LogP contribution is 2.24. The molecule has 1 aromatic heterocycles. The molecule has 1 heterocycles. The van der Waals surface area contributed by atoms with E-state index in [4.69, 9.17) is 23.2 Å². The Labute approximate surface area is 131 Å². The molecule has 110 valence electrons. The maximum Gasteiger partial charge on any atom is 0.272 e. The normalized spacial score (nSPS) is 10.2. The summed E-state index contributed by atoms with van der Waals surface area (Å²) in [6.45, 7) is -0.0991. The van der Waals surface area contributed by atoms with Crippen molar-refractivity contribution in [2.24, 2.45) is 0 Å². The minimum Gasteiger partial charge on any atom is -0.331 e. The van der Waals surface area contributed by atoms with Crippen LogP contribution in [-0.2, 0) is 4.79 Å². The highest BCUT2D eigenvalue weighted by atomic mass is 35.5. The van der Waals surface area contributed by atoms with Crippen LogP contribution in [0.1, 0.15) is 10.5 Å². The van der Waals surface area contributed by atoms with Gasteiger partial charge in [0.15, 0.2) is 0 Å². The molecule has 0 spiro atoms. The van der Waals surface area contributed by atoms with Crippen LogP contribution in [0.4, 0.5) is 5.69 Å². The zero-order chi connectivity index (χ0) is 15.4. The Hall–Kier alpha value is -2.05. The van der Waals surface area contributed by atoms with Crippen LogP contribution in [0.25, 0.3) is 0 Å². The van der Waals surface area contributed by atoms with Crippen molar-refractivity contribution in [1.29, 1.82) is 0 Å². The van der Waals surface area contributed by atoms with Gasteiger partial charge in [0.25, 0.3) is 5.91 Å². The van der Waals surface area contributed by atoms with Gasteiger partial charge >= 0.3 is 0 Å². The van der Waals surface area contributed by atoms with E-state index in [1.165, 1.54) is 24.2 Å². The number of amides is 2. The number of anilines is 1. The van der Waals surface area contributed by atoms with Crippen molar-refractivity contribution < 1.29 is 9.59 Å². The summed E-state index contributed by atoms with van der Waals surface area (Å²) in [5, 5.41) is 9.63. The Bertz CT molecular complexity index is 658. The van der Waals surface area contributed by atoms with E-state index in [1.54, 1.807) is 18.2 Å². The molecule has 0 fully saturated rings. The van der Waals surface area contributed by atoms with Crippen molar-refractivity contribution in [2.75, 3.05) is 18.9 Å². The van der Waals surface area contributed by atoms with Crippen molar-refractivity contribution in [2.45, 2.75) is 0 Å². The predicted octanol–water partition coefficient (Wildman–Crippen LogP) is 2.43. The summed E-state index contributed by atoms with van der Waals surface area (Å²) < 4.78 is 0. The summed E-state index contributed by atoms with van der Waals surface area (Å²) in [5.41, 5.74) is 0.830. The summed E-state index contributed by atoms with van der Waals surface area (Å²) in [4.78, 5) is 25.1. The molecule has 8 heteroatoms. The summed E-state index contributed by atoms with van der Waals surface area (Å²) in [6, 6.07) is 6.29. The molecule has 0 unspecified atom stereocenters. The molecular formula is C13H12Cl2N4O2. The molecule has 0 aliphatic rings. The largest absolute Gasteiger partial charge is 0.331 e. The van der Waals surface area contributed by atoms with E-state index in [0.717, 1.165) is 0 Å². The Kier molecular flexibility index (Phi) is 4.82. The van der Waals surface area contributed by atoms with Gasteiger partial charge in [0.05, 0.1) is 16.6 Å². The van der Waals surface area contributed by atoms with Crippen molar-refractivity contribution >= 4 is 40.7 Å². The van der Waals surface area contributed by atoms with Crippen LogP contribution in [0.3, 0.4) is 0 Å². The summed E-state index contributed by atoms with van der Waals surface area (Å²) in [5.74, 6) is -0.666. The molecule has 0 aliphatic carbocycles. The second kappa shape index (κ2) is 6.60. The third kappa shape index (κ3) is 3.96. The van der Waals surface area contributed by atoms with Gasteiger partial charge in [-0.15, -0.1) is 0 Å². The first-order chi connectivity index (χ1) is 9.97. The van der Waals surface area contributed by atoms with Crippen molar-refractivity contribution in [3.05, 3.63) is 46.2 Å². The minimum absolute atomic E-state index is 0.0991. The number of carbonyl (C=O) groups is 2. The molecule has 0 saturated carbocycles. The lowest BCUT2D eigenvalue weighted by molar-refractivity contribution is -0.116. The highest BCUT2D eigenvalue weighted by molar-refractivity contribution is 6.42. The quantitative estimate of drug-likeness (QED) is 0.905. The van der Waals surface area contributed by atoms with Gasteiger partial charge in [0, 0.05) is 18.9 Å². The monoisotopic (exact) mass is 326 g/mol. The number of nitrogens with one attached hydrogen (secondary N) is 2. The number of halogens is 2. The topological polar surface area (TPSA) is 78.1 Å². The number of carbonyl (C=O) groups excluding carboxylic acids is 2. The Balaban J connectivity index is 1.95. The first kappa shape index (κ1) is 15.3. The molecule has 0 aliphatic heterocycles. The van der Waals surface area contributed by atoms with E-state index in [1.807, 2.05) is 0 Å². The van der Waals surface area contributed by atoms with E-state index in [-0.39, 0.29) is 18.4 Å². The Morgan fingerprint density at radius 2 is 2.05 bits per heavy atom. The number of likely N-dealkylation sites (N-methyl/N-ethyl adjacent to an activating group) is 1. The number of hydrogen-bond donors (Lipinski definition) is 2. The van der Waals surface area contributed by atoms with Gasteiger partial charge in [-0.1, -0.05) is 23.2 Å². The third-order valence-corrected chi connectivity index (χ3v) is 3.40. The SMILES string of the molecule is CN(CC(=O)Nc1ccc(Cl)c(Cl)c1)C(=O)c1ccn[nH]1. The second-order valence-electron chi connectivity index (χ2n) is 4.31. The van der Waals surface area contributed by atoms with Gasteiger partial charge in [-0.3, -0.25) is 14.7 Å². The molecule has 0 atom stereocenters. The minimum atomic E-state index is -0.344. The maximum atomic E-state index is 11.9. The lowest BCUT2D eigenvalue weighted by atomic mass is 10.3. The lowest BCUT2D eigenvalue weighted by Gasteiger charge is -2.15. The lowest BCUT2D eigenvalue weighted by Crippen LogP contribution is -2.35. The van der Waals surface area contributed by atoms with Gasteiger partial charge in [-0.2, -0.15) is 5.10 Å². The third-order valence-electron chi connectivity index (χ3n) is 2.66. The fourth-order valence-electron chi connectivity index (χ4n) is 1.64. The van der Waals surface area contributed by atoms with E-state index in [9.17, 15) is 9.59 Å².